The number of benzene rings is 1. The zero-order valence-electron chi connectivity index (χ0n) is 15.0. The topological polar surface area (TPSA) is 34.5 Å². The van der Waals surface area contributed by atoms with Crippen LogP contribution in [0.1, 0.15) is 54.9 Å². The molecule has 2 atom stereocenters. The molecular weight excluding hydrogens is 319 g/mol. The van der Waals surface area contributed by atoms with Crippen LogP contribution in [-0.4, -0.2) is 35.1 Å². The number of aromatic nitrogens is 1. The van der Waals surface area contributed by atoms with Crippen molar-refractivity contribution in [1.82, 2.24) is 9.47 Å². The van der Waals surface area contributed by atoms with Gasteiger partial charge in [-0.1, -0.05) is 12.1 Å². The molecule has 0 spiro atoms. The predicted molar refractivity (Wildman–Crippen MR) is 95.0 cm³/mol. The molecule has 1 aliphatic heterocycles. The molecule has 1 aliphatic rings. The van der Waals surface area contributed by atoms with E-state index in [2.05, 4.69) is 13.8 Å². The van der Waals surface area contributed by atoms with Gasteiger partial charge in [0.15, 0.2) is 0 Å². The third-order valence-corrected chi connectivity index (χ3v) is 4.92. The van der Waals surface area contributed by atoms with Crippen molar-refractivity contribution in [3.8, 4) is 0 Å². The Hall–Kier alpha value is -2.14. The monoisotopic (exact) mass is 344 g/mol. The quantitative estimate of drug-likeness (QED) is 0.833. The first-order valence-electron chi connectivity index (χ1n) is 8.78. The van der Waals surface area contributed by atoms with E-state index in [9.17, 15) is 9.18 Å². The summed E-state index contributed by atoms with van der Waals surface area (Å²) in [5, 5.41) is 0. The number of ether oxygens (including phenoxy) is 1. The van der Waals surface area contributed by atoms with Gasteiger partial charge in [0.25, 0.3) is 5.91 Å². The number of halogens is 1. The molecule has 25 heavy (non-hydrogen) atoms. The van der Waals surface area contributed by atoms with Crippen LogP contribution in [-0.2, 0) is 4.74 Å². The number of rotatable bonds is 4. The third kappa shape index (κ3) is 3.76. The van der Waals surface area contributed by atoms with E-state index >= 15 is 0 Å². The molecule has 1 aromatic carbocycles. The number of amides is 1. The van der Waals surface area contributed by atoms with E-state index in [4.69, 9.17) is 4.74 Å². The molecule has 5 heteroatoms. The number of hydrogen-bond acceptors (Lipinski definition) is 2. The van der Waals surface area contributed by atoms with Gasteiger partial charge in [-0.15, -0.1) is 0 Å². The summed E-state index contributed by atoms with van der Waals surface area (Å²) in [4.78, 5) is 14.8. The Labute approximate surface area is 148 Å². The van der Waals surface area contributed by atoms with Gasteiger partial charge in [0, 0.05) is 31.9 Å². The SMILES string of the molecule is CC(C)n1cccc1C(=O)N(C)[C@@H]1CCO[C@@H](c2ccc(F)cc2)C1. The van der Waals surface area contributed by atoms with E-state index in [-0.39, 0.29) is 29.9 Å². The largest absolute Gasteiger partial charge is 0.373 e. The molecule has 0 aliphatic carbocycles. The lowest BCUT2D eigenvalue weighted by Gasteiger charge is -2.36. The Morgan fingerprint density at radius 1 is 1.28 bits per heavy atom. The number of nitrogens with zero attached hydrogens (tertiary/aromatic N) is 2. The van der Waals surface area contributed by atoms with Gasteiger partial charge in [0.2, 0.25) is 0 Å². The van der Waals surface area contributed by atoms with Crippen molar-refractivity contribution in [3.63, 3.8) is 0 Å². The summed E-state index contributed by atoms with van der Waals surface area (Å²) in [6.07, 6.45) is 3.36. The van der Waals surface area contributed by atoms with Gasteiger partial charge in [0.05, 0.1) is 6.10 Å². The molecule has 2 aromatic rings. The van der Waals surface area contributed by atoms with Crippen LogP contribution in [0.15, 0.2) is 42.6 Å². The Kier molecular flexibility index (Phi) is 5.23. The first-order chi connectivity index (χ1) is 12.0. The summed E-state index contributed by atoms with van der Waals surface area (Å²) in [6.45, 7) is 4.72. The normalized spacial score (nSPS) is 20.7. The Morgan fingerprint density at radius 2 is 2.00 bits per heavy atom. The standard InChI is InChI=1S/C20H25FN2O2/c1-14(2)23-11-4-5-18(23)20(24)22(3)17-10-12-25-19(13-17)15-6-8-16(21)9-7-15/h4-9,11,14,17,19H,10,12-13H2,1-3H3/t17-,19-/m1/s1. The molecular formula is C20H25FN2O2. The molecule has 4 nitrogen and oxygen atoms in total. The molecule has 3 rings (SSSR count). The van der Waals surface area contributed by atoms with Gasteiger partial charge < -0.3 is 14.2 Å². The third-order valence-electron chi connectivity index (χ3n) is 4.92. The van der Waals surface area contributed by atoms with E-state index < -0.39 is 0 Å². The highest BCUT2D eigenvalue weighted by Gasteiger charge is 2.30. The smallest absolute Gasteiger partial charge is 0.270 e. The van der Waals surface area contributed by atoms with Crippen LogP contribution in [0.3, 0.4) is 0 Å². The van der Waals surface area contributed by atoms with E-state index in [1.807, 2.05) is 34.8 Å². The summed E-state index contributed by atoms with van der Waals surface area (Å²) in [7, 11) is 1.86. The molecule has 1 aromatic heterocycles. The molecule has 1 saturated heterocycles. The minimum absolute atomic E-state index is 0.0310. The number of hydrogen-bond donors (Lipinski definition) is 0. The minimum atomic E-state index is -0.252. The van der Waals surface area contributed by atoms with Gasteiger partial charge in [-0.2, -0.15) is 0 Å². The van der Waals surface area contributed by atoms with Crippen molar-refractivity contribution in [1.29, 1.82) is 0 Å². The van der Waals surface area contributed by atoms with E-state index in [1.165, 1.54) is 12.1 Å². The van der Waals surface area contributed by atoms with Gasteiger partial charge in [-0.3, -0.25) is 4.79 Å². The zero-order chi connectivity index (χ0) is 18.0. The van der Waals surface area contributed by atoms with Crippen molar-refractivity contribution in [2.24, 2.45) is 0 Å². The van der Waals surface area contributed by atoms with Gasteiger partial charge in [-0.05, 0) is 56.5 Å². The van der Waals surface area contributed by atoms with Crippen molar-refractivity contribution < 1.29 is 13.9 Å². The second-order valence-corrected chi connectivity index (χ2v) is 6.90. The fourth-order valence-corrected chi connectivity index (χ4v) is 3.41. The lowest BCUT2D eigenvalue weighted by atomic mass is 9.96. The maximum atomic E-state index is 13.1. The lowest BCUT2D eigenvalue weighted by Crippen LogP contribution is -2.42. The highest BCUT2D eigenvalue weighted by molar-refractivity contribution is 5.92. The zero-order valence-corrected chi connectivity index (χ0v) is 15.0. The van der Waals surface area contributed by atoms with Crippen LogP contribution in [0.4, 0.5) is 4.39 Å². The highest BCUT2D eigenvalue weighted by atomic mass is 19.1. The van der Waals surface area contributed by atoms with Gasteiger partial charge in [-0.25, -0.2) is 4.39 Å². The van der Waals surface area contributed by atoms with Crippen LogP contribution in [0, 0.1) is 5.82 Å². The lowest BCUT2D eigenvalue weighted by molar-refractivity contribution is -0.0199. The molecule has 1 fully saturated rings. The molecule has 0 N–H and O–H groups in total. The average Bonchev–Trinajstić information content (AvgIpc) is 3.11. The summed E-state index contributed by atoms with van der Waals surface area (Å²) < 4.78 is 21.0. The fraction of sp³-hybridized carbons (Fsp3) is 0.450. The van der Waals surface area contributed by atoms with Crippen LogP contribution < -0.4 is 0 Å². The van der Waals surface area contributed by atoms with Gasteiger partial charge in [0.1, 0.15) is 11.5 Å². The molecule has 0 unspecified atom stereocenters. The van der Waals surface area contributed by atoms with E-state index in [0.717, 1.165) is 18.4 Å². The van der Waals surface area contributed by atoms with Crippen molar-refractivity contribution in [2.75, 3.05) is 13.7 Å². The fourth-order valence-electron chi connectivity index (χ4n) is 3.41. The molecule has 0 radical (unpaired) electrons. The summed E-state index contributed by atoms with van der Waals surface area (Å²) in [5.74, 6) is -0.221. The molecule has 0 bridgehead atoms. The summed E-state index contributed by atoms with van der Waals surface area (Å²) >= 11 is 0. The Morgan fingerprint density at radius 3 is 2.68 bits per heavy atom. The van der Waals surface area contributed by atoms with Crippen LogP contribution in [0.5, 0.6) is 0 Å². The van der Waals surface area contributed by atoms with Crippen molar-refractivity contribution >= 4 is 5.91 Å². The second-order valence-electron chi connectivity index (χ2n) is 6.90. The average molecular weight is 344 g/mol. The second kappa shape index (κ2) is 7.40. The Bertz CT molecular complexity index is 724. The first kappa shape index (κ1) is 17.7. The summed E-state index contributed by atoms with van der Waals surface area (Å²) in [6, 6.07) is 10.5. The first-order valence-corrected chi connectivity index (χ1v) is 8.78. The predicted octanol–water partition coefficient (Wildman–Crippen LogP) is 4.20. The van der Waals surface area contributed by atoms with Crippen LogP contribution >= 0.6 is 0 Å². The Balaban J connectivity index is 1.73. The highest BCUT2D eigenvalue weighted by Crippen LogP contribution is 2.31. The molecule has 134 valence electrons. The van der Waals surface area contributed by atoms with Crippen LogP contribution in [0.25, 0.3) is 0 Å². The maximum absolute atomic E-state index is 13.1. The molecule has 0 saturated carbocycles. The van der Waals surface area contributed by atoms with Crippen LogP contribution in [0.2, 0.25) is 0 Å². The summed E-state index contributed by atoms with van der Waals surface area (Å²) in [5.41, 5.74) is 1.67. The van der Waals surface area contributed by atoms with Crippen molar-refractivity contribution in [2.45, 2.75) is 44.9 Å². The van der Waals surface area contributed by atoms with E-state index in [1.54, 1.807) is 12.1 Å². The van der Waals surface area contributed by atoms with Gasteiger partial charge >= 0.3 is 0 Å². The maximum Gasteiger partial charge on any atom is 0.270 e. The molecule has 2 heterocycles. The molecule has 1 amide bonds. The minimum Gasteiger partial charge on any atom is -0.373 e. The van der Waals surface area contributed by atoms with Crippen molar-refractivity contribution in [3.05, 3.63) is 59.7 Å². The number of carbonyl (C=O) groups is 1. The van der Waals surface area contributed by atoms with E-state index in [0.29, 0.717) is 12.3 Å². The number of carbonyl (C=O) groups excluding carboxylic acids is 1.